The monoisotopic (exact) mass is 257 g/mol. The Balaban J connectivity index is 2.26. The van der Waals surface area contributed by atoms with Crippen LogP contribution in [0.4, 0.5) is 0 Å². The van der Waals surface area contributed by atoms with Gasteiger partial charge in [0.05, 0.1) is 18.4 Å². The number of nitrogens with zero attached hydrogens (tertiary/aromatic N) is 2. The van der Waals surface area contributed by atoms with Gasteiger partial charge in [-0.3, -0.25) is 4.90 Å². The zero-order valence-electron chi connectivity index (χ0n) is 11.2. The van der Waals surface area contributed by atoms with Crippen LogP contribution in [0.25, 0.3) is 0 Å². The third-order valence-electron chi connectivity index (χ3n) is 2.28. The van der Waals surface area contributed by atoms with Crippen molar-refractivity contribution in [2.75, 3.05) is 27.2 Å². The summed E-state index contributed by atoms with van der Waals surface area (Å²) in [4.78, 5) is 6.79. The fourth-order valence-electron chi connectivity index (χ4n) is 1.45. The van der Waals surface area contributed by atoms with Gasteiger partial charge in [0.25, 0.3) is 0 Å². The van der Waals surface area contributed by atoms with Gasteiger partial charge in [0, 0.05) is 25.0 Å². The molecule has 0 spiro atoms. The van der Waals surface area contributed by atoms with Gasteiger partial charge in [0.2, 0.25) is 0 Å². The maximum atomic E-state index is 5.52. The molecule has 0 fully saturated rings. The lowest BCUT2D eigenvalue weighted by atomic mass is 10.4. The van der Waals surface area contributed by atoms with Crippen molar-refractivity contribution >= 4 is 11.3 Å². The van der Waals surface area contributed by atoms with Gasteiger partial charge in [-0.1, -0.05) is 0 Å². The normalized spacial score (nSPS) is 11.6. The van der Waals surface area contributed by atoms with E-state index in [2.05, 4.69) is 41.5 Å². The van der Waals surface area contributed by atoms with E-state index in [0.29, 0.717) is 6.10 Å². The third-order valence-corrected chi connectivity index (χ3v) is 3.18. The van der Waals surface area contributed by atoms with Crippen LogP contribution in [-0.4, -0.2) is 43.2 Å². The maximum Gasteiger partial charge on any atom is 0.107 e. The summed E-state index contributed by atoms with van der Waals surface area (Å²) in [6.07, 6.45) is 0.310. The van der Waals surface area contributed by atoms with Crippen LogP contribution >= 0.6 is 11.3 Å². The van der Waals surface area contributed by atoms with Crippen LogP contribution in [0.5, 0.6) is 0 Å². The number of likely N-dealkylation sites (N-methyl/N-ethyl adjacent to an activating group) is 1. The van der Waals surface area contributed by atoms with Crippen LogP contribution in [0.2, 0.25) is 0 Å². The molecule has 1 aromatic heterocycles. The number of rotatable bonds is 8. The van der Waals surface area contributed by atoms with Crippen molar-refractivity contribution in [2.45, 2.75) is 33.0 Å². The minimum absolute atomic E-state index is 0.310. The summed E-state index contributed by atoms with van der Waals surface area (Å²) in [5, 5.41) is 6.39. The number of aromatic nitrogens is 1. The molecule has 0 aliphatic carbocycles. The summed E-state index contributed by atoms with van der Waals surface area (Å²) in [7, 11) is 4.04. The number of thiazole rings is 1. The molecule has 17 heavy (non-hydrogen) atoms. The second-order valence-corrected chi connectivity index (χ2v) is 5.36. The Morgan fingerprint density at radius 2 is 2.29 bits per heavy atom. The molecule has 0 radical (unpaired) electrons. The Bertz CT molecular complexity index is 314. The van der Waals surface area contributed by atoms with Crippen LogP contribution in [0, 0.1) is 0 Å². The van der Waals surface area contributed by atoms with Gasteiger partial charge in [0.1, 0.15) is 5.01 Å². The largest absolute Gasteiger partial charge is 0.377 e. The molecule has 0 atom stereocenters. The summed E-state index contributed by atoms with van der Waals surface area (Å²) in [5.74, 6) is 0. The van der Waals surface area contributed by atoms with Crippen molar-refractivity contribution in [2.24, 2.45) is 0 Å². The zero-order chi connectivity index (χ0) is 12.7. The fourth-order valence-corrected chi connectivity index (χ4v) is 2.25. The standard InChI is InChI=1S/C12H23N3OS/c1-10(2)16-6-5-15(4)8-11-9-17-12(14-11)7-13-3/h9-10,13H,5-8H2,1-4H3. The molecule has 5 heteroatoms. The molecular formula is C12H23N3OS. The molecule has 0 amide bonds. The first-order valence-electron chi connectivity index (χ1n) is 6.00. The van der Waals surface area contributed by atoms with Crippen molar-refractivity contribution in [1.82, 2.24) is 15.2 Å². The van der Waals surface area contributed by atoms with Crippen LogP contribution in [-0.2, 0) is 17.8 Å². The van der Waals surface area contributed by atoms with Gasteiger partial charge in [-0.25, -0.2) is 4.98 Å². The van der Waals surface area contributed by atoms with Crippen molar-refractivity contribution in [3.63, 3.8) is 0 Å². The zero-order valence-corrected chi connectivity index (χ0v) is 12.0. The first kappa shape index (κ1) is 14.6. The molecule has 0 aliphatic rings. The summed E-state index contributed by atoms with van der Waals surface area (Å²) >= 11 is 1.71. The highest BCUT2D eigenvalue weighted by atomic mass is 32.1. The molecular weight excluding hydrogens is 234 g/mol. The van der Waals surface area contributed by atoms with E-state index < -0.39 is 0 Å². The molecule has 1 N–H and O–H groups in total. The van der Waals surface area contributed by atoms with Crippen LogP contribution in [0.15, 0.2) is 5.38 Å². The molecule has 1 rings (SSSR count). The van der Waals surface area contributed by atoms with Gasteiger partial charge < -0.3 is 10.1 Å². The first-order valence-corrected chi connectivity index (χ1v) is 6.87. The van der Waals surface area contributed by atoms with E-state index in [-0.39, 0.29) is 0 Å². The highest BCUT2D eigenvalue weighted by molar-refractivity contribution is 7.09. The highest BCUT2D eigenvalue weighted by Gasteiger charge is 2.05. The quantitative estimate of drug-likeness (QED) is 0.769. The van der Waals surface area contributed by atoms with Gasteiger partial charge in [-0.15, -0.1) is 11.3 Å². The summed E-state index contributed by atoms with van der Waals surface area (Å²) in [5.41, 5.74) is 1.15. The molecule has 0 saturated heterocycles. The van der Waals surface area contributed by atoms with E-state index in [1.165, 1.54) is 0 Å². The van der Waals surface area contributed by atoms with Crippen LogP contribution in [0.1, 0.15) is 24.5 Å². The number of hydrogen-bond acceptors (Lipinski definition) is 5. The smallest absolute Gasteiger partial charge is 0.107 e. The topological polar surface area (TPSA) is 37.4 Å². The average molecular weight is 257 g/mol. The van der Waals surface area contributed by atoms with Crippen molar-refractivity contribution in [1.29, 1.82) is 0 Å². The minimum Gasteiger partial charge on any atom is -0.377 e. The SMILES string of the molecule is CNCc1nc(CN(C)CCOC(C)C)cs1. The number of hydrogen-bond donors (Lipinski definition) is 1. The lowest BCUT2D eigenvalue weighted by molar-refractivity contribution is 0.0625. The summed E-state index contributed by atoms with van der Waals surface area (Å²) in [6, 6.07) is 0. The van der Waals surface area contributed by atoms with Gasteiger partial charge in [-0.05, 0) is 27.9 Å². The molecule has 4 nitrogen and oxygen atoms in total. The van der Waals surface area contributed by atoms with E-state index in [0.717, 1.165) is 36.9 Å². The lowest BCUT2D eigenvalue weighted by Gasteiger charge is -2.16. The van der Waals surface area contributed by atoms with Crippen LogP contribution in [0.3, 0.4) is 0 Å². The summed E-state index contributed by atoms with van der Waals surface area (Å²) < 4.78 is 5.52. The lowest BCUT2D eigenvalue weighted by Crippen LogP contribution is -2.24. The molecule has 0 bridgehead atoms. The minimum atomic E-state index is 0.310. The first-order chi connectivity index (χ1) is 8.11. The van der Waals surface area contributed by atoms with Crippen molar-refractivity contribution in [3.05, 3.63) is 16.1 Å². The molecule has 0 unspecified atom stereocenters. The van der Waals surface area contributed by atoms with E-state index in [1.807, 2.05) is 7.05 Å². The molecule has 0 aromatic carbocycles. The second-order valence-electron chi connectivity index (χ2n) is 4.42. The van der Waals surface area contributed by atoms with E-state index in [4.69, 9.17) is 4.74 Å². The summed E-state index contributed by atoms with van der Waals surface area (Å²) in [6.45, 7) is 7.58. The number of ether oxygens (including phenoxy) is 1. The Kier molecular flexibility index (Phi) is 6.65. The van der Waals surface area contributed by atoms with Gasteiger partial charge in [-0.2, -0.15) is 0 Å². The second kappa shape index (κ2) is 7.76. The molecule has 98 valence electrons. The Morgan fingerprint density at radius 1 is 1.53 bits per heavy atom. The predicted octanol–water partition coefficient (Wildman–Crippen LogP) is 1.72. The molecule has 0 aliphatic heterocycles. The average Bonchev–Trinajstić information content (AvgIpc) is 2.65. The Labute approximate surface area is 108 Å². The van der Waals surface area contributed by atoms with Crippen molar-refractivity contribution in [3.8, 4) is 0 Å². The number of nitrogens with one attached hydrogen (secondary N) is 1. The van der Waals surface area contributed by atoms with Gasteiger partial charge >= 0.3 is 0 Å². The van der Waals surface area contributed by atoms with E-state index in [9.17, 15) is 0 Å². The maximum absolute atomic E-state index is 5.52. The fraction of sp³-hybridized carbons (Fsp3) is 0.750. The Hall–Kier alpha value is -0.490. The van der Waals surface area contributed by atoms with Crippen LogP contribution < -0.4 is 5.32 Å². The molecule has 1 aromatic rings. The van der Waals surface area contributed by atoms with E-state index >= 15 is 0 Å². The highest BCUT2D eigenvalue weighted by Crippen LogP contribution is 2.10. The predicted molar refractivity (Wildman–Crippen MR) is 72.3 cm³/mol. The van der Waals surface area contributed by atoms with Gasteiger partial charge in [0.15, 0.2) is 0 Å². The third kappa shape index (κ3) is 6.12. The molecule has 0 saturated carbocycles. The van der Waals surface area contributed by atoms with E-state index in [1.54, 1.807) is 11.3 Å². The van der Waals surface area contributed by atoms with Crippen molar-refractivity contribution < 1.29 is 4.74 Å². The Morgan fingerprint density at radius 3 is 2.94 bits per heavy atom. The molecule has 1 heterocycles.